The third kappa shape index (κ3) is 3.43. The molecule has 4 nitrogen and oxygen atoms in total. The molecule has 0 radical (unpaired) electrons. The topological polar surface area (TPSA) is 49.4 Å². The van der Waals surface area contributed by atoms with Crippen LogP contribution in [0.4, 0.5) is 11.4 Å². The van der Waals surface area contributed by atoms with Gasteiger partial charge in [-0.1, -0.05) is 23.8 Å². The molecular weight excluding hydrogens is 312 g/mol. The molecule has 1 fully saturated rings. The first-order chi connectivity index (χ1) is 11.9. The fourth-order valence-electron chi connectivity index (χ4n) is 3.61. The molecule has 0 unspecified atom stereocenters. The van der Waals surface area contributed by atoms with Crippen LogP contribution in [0.5, 0.6) is 0 Å². The minimum atomic E-state index is -0.113. The average molecular weight is 336 g/mol. The molecule has 25 heavy (non-hydrogen) atoms. The molecule has 1 aliphatic rings. The maximum absolute atomic E-state index is 12.8. The van der Waals surface area contributed by atoms with Crippen LogP contribution < -0.4 is 10.2 Å². The molecule has 1 aliphatic heterocycles. The number of anilines is 2. The number of hydrogen-bond donors (Lipinski definition) is 1. The second kappa shape index (κ2) is 6.71. The second-order valence-electron chi connectivity index (χ2n) is 6.88. The van der Waals surface area contributed by atoms with Gasteiger partial charge in [0.05, 0.1) is 0 Å². The maximum atomic E-state index is 12.8. The predicted octanol–water partition coefficient (Wildman–Crippen LogP) is 4.30. The van der Waals surface area contributed by atoms with Crippen LogP contribution in [0.25, 0.3) is 0 Å². The Hall–Kier alpha value is -2.62. The third-order valence-corrected chi connectivity index (χ3v) is 4.74. The van der Waals surface area contributed by atoms with Crippen molar-refractivity contribution >= 4 is 23.2 Å². The number of rotatable bonds is 3. The van der Waals surface area contributed by atoms with Crippen molar-refractivity contribution in [2.24, 2.45) is 0 Å². The summed E-state index contributed by atoms with van der Waals surface area (Å²) in [7, 11) is 0. The molecular formula is C21H24N2O2. The number of carbonyl (C=O) groups is 2. The van der Waals surface area contributed by atoms with Crippen molar-refractivity contribution in [1.29, 1.82) is 0 Å². The van der Waals surface area contributed by atoms with Gasteiger partial charge in [-0.2, -0.15) is 0 Å². The fourth-order valence-corrected chi connectivity index (χ4v) is 3.61. The summed E-state index contributed by atoms with van der Waals surface area (Å²) >= 11 is 0. The molecule has 0 aliphatic carbocycles. The van der Waals surface area contributed by atoms with E-state index in [0.29, 0.717) is 17.7 Å². The van der Waals surface area contributed by atoms with E-state index in [0.717, 1.165) is 40.9 Å². The van der Waals surface area contributed by atoms with E-state index in [1.54, 1.807) is 0 Å². The van der Waals surface area contributed by atoms with Crippen LogP contribution in [0.15, 0.2) is 30.3 Å². The number of nitrogens with zero attached hydrogens (tertiary/aromatic N) is 1. The van der Waals surface area contributed by atoms with Crippen LogP contribution in [-0.4, -0.2) is 18.4 Å². The monoisotopic (exact) mass is 336 g/mol. The highest BCUT2D eigenvalue weighted by molar-refractivity contribution is 6.07. The molecule has 0 atom stereocenters. The van der Waals surface area contributed by atoms with E-state index in [9.17, 15) is 9.59 Å². The predicted molar refractivity (Wildman–Crippen MR) is 101 cm³/mol. The zero-order valence-electron chi connectivity index (χ0n) is 15.3. The summed E-state index contributed by atoms with van der Waals surface area (Å²) in [6, 6.07) is 9.77. The van der Waals surface area contributed by atoms with E-state index in [4.69, 9.17) is 0 Å². The number of benzene rings is 2. The summed E-state index contributed by atoms with van der Waals surface area (Å²) < 4.78 is 0. The van der Waals surface area contributed by atoms with Crippen molar-refractivity contribution in [2.45, 2.75) is 40.5 Å². The van der Waals surface area contributed by atoms with Gasteiger partial charge in [0.15, 0.2) is 0 Å². The molecule has 0 bridgehead atoms. The first-order valence-corrected chi connectivity index (χ1v) is 8.67. The van der Waals surface area contributed by atoms with E-state index in [1.165, 1.54) is 0 Å². The van der Waals surface area contributed by atoms with Crippen LogP contribution in [-0.2, 0) is 4.79 Å². The van der Waals surface area contributed by atoms with Crippen LogP contribution >= 0.6 is 0 Å². The Morgan fingerprint density at radius 1 is 1.00 bits per heavy atom. The van der Waals surface area contributed by atoms with Crippen molar-refractivity contribution in [3.05, 3.63) is 58.1 Å². The minimum absolute atomic E-state index is 0.113. The van der Waals surface area contributed by atoms with Crippen molar-refractivity contribution in [1.82, 2.24) is 0 Å². The van der Waals surface area contributed by atoms with E-state index < -0.39 is 0 Å². The largest absolute Gasteiger partial charge is 0.322 e. The highest BCUT2D eigenvalue weighted by Crippen LogP contribution is 2.28. The number of amides is 2. The SMILES string of the molecule is Cc1cc(C)c(C(=O)Nc2ccc(C)c(N3CCCC3=O)c2)c(C)c1. The molecule has 2 aromatic rings. The summed E-state index contributed by atoms with van der Waals surface area (Å²) in [5, 5.41) is 2.99. The number of hydrogen-bond acceptors (Lipinski definition) is 2. The first kappa shape index (κ1) is 17.2. The summed E-state index contributed by atoms with van der Waals surface area (Å²) in [6.07, 6.45) is 1.48. The van der Waals surface area contributed by atoms with Crippen LogP contribution in [0.3, 0.4) is 0 Å². The van der Waals surface area contributed by atoms with Gasteiger partial charge in [0.1, 0.15) is 0 Å². The molecule has 2 aromatic carbocycles. The summed E-state index contributed by atoms with van der Waals surface area (Å²) in [5.41, 5.74) is 6.44. The number of nitrogens with one attached hydrogen (secondary N) is 1. The number of carbonyl (C=O) groups excluding carboxylic acids is 2. The van der Waals surface area contributed by atoms with Crippen molar-refractivity contribution < 1.29 is 9.59 Å². The van der Waals surface area contributed by atoms with Crippen LogP contribution in [0, 0.1) is 27.7 Å². The minimum Gasteiger partial charge on any atom is -0.322 e. The van der Waals surface area contributed by atoms with Crippen LogP contribution in [0.2, 0.25) is 0 Å². The summed E-state index contributed by atoms with van der Waals surface area (Å²) in [4.78, 5) is 26.6. The molecule has 0 aromatic heterocycles. The lowest BCUT2D eigenvalue weighted by Gasteiger charge is -2.20. The molecule has 0 spiro atoms. The van der Waals surface area contributed by atoms with E-state index >= 15 is 0 Å². The zero-order valence-corrected chi connectivity index (χ0v) is 15.3. The Balaban J connectivity index is 1.89. The lowest BCUT2D eigenvalue weighted by molar-refractivity contribution is -0.117. The van der Waals surface area contributed by atoms with Gasteiger partial charge in [0, 0.05) is 29.9 Å². The highest BCUT2D eigenvalue weighted by atomic mass is 16.2. The highest BCUT2D eigenvalue weighted by Gasteiger charge is 2.23. The lowest BCUT2D eigenvalue weighted by Crippen LogP contribution is -2.24. The maximum Gasteiger partial charge on any atom is 0.256 e. The Morgan fingerprint density at radius 2 is 1.68 bits per heavy atom. The molecule has 4 heteroatoms. The summed E-state index contributed by atoms with van der Waals surface area (Å²) in [5.74, 6) is 0.0364. The lowest BCUT2D eigenvalue weighted by atomic mass is 9.99. The smallest absolute Gasteiger partial charge is 0.256 e. The average Bonchev–Trinajstić information content (AvgIpc) is 2.94. The molecule has 3 rings (SSSR count). The van der Waals surface area contributed by atoms with Gasteiger partial charge >= 0.3 is 0 Å². The van der Waals surface area contributed by atoms with Gasteiger partial charge in [-0.15, -0.1) is 0 Å². The van der Waals surface area contributed by atoms with E-state index in [1.807, 2.05) is 62.9 Å². The zero-order chi connectivity index (χ0) is 18.1. The van der Waals surface area contributed by atoms with Gasteiger partial charge in [0.2, 0.25) is 5.91 Å². The van der Waals surface area contributed by atoms with Crippen molar-refractivity contribution in [3.8, 4) is 0 Å². The molecule has 1 heterocycles. The Kier molecular flexibility index (Phi) is 4.62. The molecule has 0 saturated carbocycles. The Morgan fingerprint density at radius 3 is 2.28 bits per heavy atom. The summed E-state index contributed by atoms with van der Waals surface area (Å²) in [6.45, 7) is 8.67. The van der Waals surface area contributed by atoms with Gasteiger partial charge in [0.25, 0.3) is 5.91 Å². The molecule has 1 saturated heterocycles. The standard InChI is InChI=1S/C21H24N2O2/c1-13-10-15(3)20(16(4)11-13)21(25)22-17-8-7-14(2)18(12-17)23-9-5-6-19(23)24/h7-8,10-12H,5-6,9H2,1-4H3,(H,22,25). The molecule has 2 amide bonds. The van der Waals surface area contributed by atoms with Crippen molar-refractivity contribution in [3.63, 3.8) is 0 Å². The van der Waals surface area contributed by atoms with Gasteiger partial charge in [-0.05, 0) is 62.9 Å². The van der Waals surface area contributed by atoms with Gasteiger partial charge in [-0.3, -0.25) is 9.59 Å². The van der Waals surface area contributed by atoms with Crippen molar-refractivity contribution in [2.75, 3.05) is 16.8 Å². The quantitative estimate of drug-likeness (QED) is 0.908. The number of aryl methyl sites for hydroxylation is 4. The normalized spacial score (nSPS) is 14.1. The third-order valence-electron chi connectivity index (χ3n) is 4.74. The van der Waals surface area contributed by atoms with Gasteiger partial charge < -0.3 is 10.2 Å². The fraction of sp³-hybridized carbons (Fsp3) is 0.333. The first-order valence-electron chi connectivity index (χ1n) is 8.67. The Bertz CT molecular complexity index is 832. The molecule has 130 valence electrons. The molecule has 1 N–H and O–H groups in total. The van der Waals surface area contributed by atoms with E-state index in [-0.39, 0.29) is 11.8 Å². The second-order valence-corrected chi connectivity index (χ2v) is 6.88. The Labute approximate surface area is 148 Å². The van der Waals surface area contributed by atoms with Gasteiger partial charge in [-0.25, -0.2) is 0 Å². The van der Waals surface area contributed by atoms with E-state index in [2.05, 4.69) is 5.32 Å². The van der Waals surface area contributed by atoms with Crippen LogP contribution in [0.1, 0.15) is 45.5 Å².